The number of rotatable bonds is 4. The predicted molar refractivity (Wildman–Crippen MR) is 87.7 cm³/mol. The van der Waals surface area contributed by atoms with Crippen molar-refractivity contribution in [3.8, 4) is 11.5 Å². The molecule has 0 fully saturated rings. The van der Waals surface area contributed by atoms with E-state index in [2.05, 4.69) is 22.6 Å². The van der Waals surface area contributed by atoms with Crippen LogP contribution in [0.5, 0.6) is 11.5 Å². The topological polar surface area (TPSA) is 38.7 Å². The van der Waals surface area contributed by atoms with Gasteiger partial charge in [-0.1, -0.05) is 11.6 Å². The summed E-state index contributed by atoms with van der Waals surface area (Å²) in [5, 5.41) is 10.9. The number of hydrogen-bond acceptors (Lipinski definition) is 3. The van der Waals surface area contributed by atoms with Crippen molar-refractivity contribution in [3.63, 3.8) is 0 Å². The maximum atomic E-state index is 14.2. The third-order valence-electron chi connectivity index (χ3n) is 3.05. The summed E-state index contributed by atoms with van der Waals surface area (Å²) in [4.78, 5) is 0. The molecule has 0 saturated heterocycles. The molecule has 0 aliphatic heterocycles. The largest absolute Gasteiger partial charge is 0.493 e. The molecule has 1 unspecified atom stereocenters. The van der Waals surface area contributed by atoms with Crippen LogP contribution in [0.1, 0.15) is 17.2 Å². The smallest absolute Gasteiger partial charge is 0.163 e. The van der Waals surface area contributed by atoms with Crippen LogP contribution in [0.15, 0.2) is 30.3 Å². The van der Waals surface area contributed by atoms with Crippen LogP contribution in [0, 0.1) is 9.39 Å². The van der Waals surface area contributed by atoms with Crippen molar-refractivity contribution in [3.05, 3.63) is 55.9 Å². The van der Waals surface area contributed by atoms with Crippen molar-refractivity contribution in [1.29, 1.82) is 0 Å². The second-order valence-corrected chi connectivity index (χ2v) is 5.90. The Labute approximate surface area is 140 Å². The first kappa shape index (κ1) is 16.3. The number of methoxy groups -OCH3 is 2. The first-order chi connectivity index (χ1) is 9.97. The highest BCUT2D eigenvalue weighted by Gasteiger charge is 2.21. The van der Waals surface area contributed by atoms with Gasteiger partial charge in [0.15, 0.2) is 11.5 Å². The SMILES string of the molecule is COc1cc(F)c(C(O)c2cc(Cl)ccc2I)cc1OC. The summed E-state index contributed by atoms with van der Waals surface area (Å²) in [7, 11) is 2.88. The lowest BCUT2D eigenvalue weighted by molar-refractivity contribution is 0.213. The van der Waals surface area contributed by atoms with Gasteiger partial charge in [-0.15, -0.1) is 0 Å². The summed E-state index contributed by atoms with van der Waals surface area (Å²) in [5.74, 6) is 0.0488. The lowest BCUT2D eigenvalue weighted by atomic mass is 10.0. The fourth-order valence-electron chi connectivity index (χ4n) is 1.97. The fourth-order valence-corrected chi connectivity index (χ4v) is 2.78. The quantitative estimate of drug-likeness (QED) is 0.751. The first-order valence-electron chi connectivity index (χ1n) is 6.02. The second-order valence-electron chi connectivity index (χ2n) is 4.30. The van der Waals surface area contributed by atoms with E-state index in [9.17, 15) is 9.50 Å². The Morgan fingerprint density at radius 1 is 1.10 bits per heavy atom. The van der Waals surface area contributed by atoms with E-state index in [1.54, 1.807) is 18.2 Å². The van der Waals surface area contributed by atoms with Gasteiger partial charge in [-0.3, -0.25) is 0 Å². The molecule has 0 aliphatic carbocycles. The number of aliphatic hydroxyl groups excluding tert-OH is 1. The van der Waals surface area contributed by atoms with Crippen molar-refractivity contribution in [1.82, 2.24) is 0 Å². The Hall–Kier alpha value is -1.05. The van der Waals surface area contributed by atoms with Crippen LogP contribution < -0.4 is 9.47 Å². The summed E-state index contributed by atoms with van der Waals surface area (Å²) >= 11 is 8.01. The molecule has 0 bridgehead atoms. The van der Waals surface area contributed by atoms with E-state index in [1.807, 2.05) is 0 Å². The van der Waals surface area contributed by atoms with E-state index in [0.717, 1.165) is 3.57 Å². The highest BCUT2D eigenvalue weighted by molar-refractivity contribution is 14.1. The zero-order chi connectivity index (χ0) is 15.6. The Morgan fingerprint density at radius 3 is 2.33 bits per heavy atom. The van der Waals surface area contributed by atoms with E-state index >= 15 is 0 Å². The van der Waals surface area contributed by atoms with Gasteiger partial charge >= 0.3 is 0 Å². The van der Waals surface area contributed by atoms with Crippen LogP contribution in [-0.2, 0) is 0 Å². The summed E-state index contributed by atoms with van der Waals surface area (Å²) in [5.41, 5.74) is 0.641. The Balaban J connectivity index is 2.52. The Morgan fingerprint density at radius 2 is 1.71 bits per heavy atom. The van der Waals surface area contributed by atoms with Gasteiger partial charge in [0.2, 0.25) is 0 Å². The molecule has 0 amide bonds. The lowest BCUT2D eigenvalue weighted by Gasteiger charge is -2.17. The van der Waals surface area contributed by atoms with E-state index in [4.69, 9.17) is 21.1 Å². The van der Waals surface area contributed by atoms with E-state index in [-0.39, 0.29) is 11.3 Å². The average Bonchev–Trinajstić information content (AvgIpc) is 2.48. The number of aliphatic hydroxyl groups is 1. The number of halogens is 3. The highest BCUT2D eigenvalue weighted by atomic mass is 127. The van der Waals surface area contributed by atoms with Gasteiger partial charge in [-0.05, 0) is 52.4 Å². The maximum absolute atomic E-state index is 14.2. The van der Waals surface area contributed by atoms with Crippen molar-refractivity contribution < 1.29 is 19.0 Å². The molecule has 1 atom stereocenters. The van der Waals surface area contributed by atoms with E-state index in [1.165, 1.54) is 26.4 Å². The number of hydrogen-bond donors (Lipinski definition) is 1. The molecule has 0 aliphatic rings. The molecule has 0 saturated carbocycles. The van der Waals surface area contributed by atoms with Crippen LogP contribution in [-0.4, -0.2) is 19.3 Å². The number of benzene rings is 2. The first-order valence-corrected chi connectivity index (χ1v) is 7.48. The van der Waals surface area contributed by atoms with Crippen molar-refractivity contribution >= 4 is 34.2 Å². The molecule has 0 spiro atoms. The number of ether oxygens (including phenoxy) is 2. The van der Waals surface area contributed by atoms with Gasteiger partial charge in [0, 0.05) is 20.2 Å². The van der Waals surface area contributed by atoms with Crippen LogP contribution >= 0.6 is 34.2 Å². The zero-order valence-electron chi connectivity index (χ0n) is 11.4. The standard InChI is InChI=1S/C15H13ClFIO3/c1-20-13-6-9(11(17)7-14(13)21-2)15(19)10-5-8(16)3-4-12(10)18/h3-7,15,19H,1-2H3. The summed E-state index contributed by atoms with van der Waals surface area (Å²) in [6, 6.07) is 7.71. The molecule has 21 heavy (non-hydrogen) atoms. The molecule has 0 radical (unpaired) electrons. The van der Waals surface area contributed by atoms with Crippen molar-refractivity contribution in [2.75, 3.05) is 14.2 Å². The third-order valence-corrected chi connectivity index (χ3v) is 4.27. The van der Waals surface area contributed by atoms with Gasteiger partial charge < -0.3 is 14.6 Å². The van der Waals surface area contributed by atoms with Crippen LogP contribution in [0.25, 0.3) is 0 Å². The maximum Gasteiger partial charge on any atom is 0.163 e. The Kier molecular flexibility index (Phi) is 5.29. The normalized spacial score (nSPS) is 12.1. The van der Waals surface area contributed by atoms with Crippen LogP contribution in [0.4, 0.5) is 4.39 Å². The molecule has 112 valence electrons. The van der Waals surface area contributed by atoms with Gasteiger partial charge in [0.1, 0.15) is 11.9 Å². The summed E-state index contributed by atoms with van der Waals surface area (Å²) in [6.07, 6.45) is -1.14. The molecule has 6 heteroatoms. The van der Waals surface area contributed by atoms with Gasteiger partial charge in [0.05, 0.1) is 14.2 Å². The lowest BCUT2D eigenvalue weighted by Crippen LogP contribution is -2.06. The van der Waals surface area contributed by atoms with Crippen molar-refractivity contribution in [2.24, 2.45) is 0 Å². The minimum Gasteiger partial charge on any atom is -0.493 e. The van der Waals surface area contributed by atoms with Gasteiger partial charge in [0.25, 0.3) is 0 Å². The zero-order valence-corrected chi connectivity index (χ0v) is 14.3. The highest BCUT2D eigenvalue weighted by Crippen LogP contribution is 2.36. The molecule has 2 rings (SSSR count). The summed E-state index contributed by atoms with van der Waals surface area (Å²) in [6.45, 7) is 0. The van der Waals surface area contributed by atoms with E-state index in [0.29, 0.717) is 16.3 Å². The molecule has 0 heterocycles. The molecule has 3 nitrogen and oxygen atoms in total. The monoisotopic (exact) mass is 422 g/mol. The molecule has 0 aromatic heterocycles. The average molecular weight is 423 g/mol. The molecular formula is C15H13ClFIO3. The minimum absolute atomic E-state index is 0.104. The van der Waals surface area contributed by atoms with Gasteiger partial charge in [-0.25, -0.2) is 4.39 Å². The van der Waals surface area contributed by atoms with Crippen molar-refractivity contribution in [2.45, 2.75) is 6.10 Å². The second kappa shape index (κ2) is 6.81. The predicted octanol–water partition coefficient (Wildman–Crippen LogP) is 4.18. The van der Waals surface area contributed by atoms with Crippen LogP contribution in [0.3, 0.4) is 0 Å². The fraction of sp³-hybridized carbons (Fsp3) is 0.200. The van der Waals surface area contributed by atoms with Gasteiger partial charge in [-0.2, -0.15) is 0 Å². The third kappa shape index (κ3) is 3.41. The van der Waals surface area contributed by atoms with E-state index < -0.39 is 11.9 Å². The molecule has 2 aromatic rings. The molecular weight excluding hydrogens is 410 g/mol. The molecule has 2 aromatic carbocycles. The Bertz CT molecular complexity index is 664. The summed E-state index contributed by atoms with van der Waals surface area (Å²) < 4.78 is 25.2. The van der Waals surface area contributed by atoms with Crippen LogP contribution in [0.2, 0.25) is 5.02 Å². The minimum atomic E-state index is -1.14. The molecule has 1 N–H and O–H groups in total.